The van der Waals surface area contributed by atoms with Gasteiger partial charge in [0, 0.05) is 30.6 Å². The van der Waals surface area contributed by atoms with Crippen molar-refractivity contribution < 1.29 is 4.79 Å². The Morgan fingerprint density at radius 2 is 2.41 bits per heavy atom. The smallest absolute Gasteiger partial charge is 0.314 e. The third kappa shape index (κ3) is 4.34. The standard InChI is InChI=1S/C12H19N3OS/c1-9(11-13-6-7-17-11)8-15-12(16)14-5-4-10-2-3-10/h6-7,9-10H,2-5,8H2,1H3,(H2,14,15,16). The molecule has 1 aromatic rings. The summed E-state index contributed by atoms with van der Waals surface area (Å²) in [5.74, 6) is 1.15. The second-order valence-electron chi connectivity index (χ2n) is 4.64. The maximum absolute atomic E-state index is 11.5. The zero-order valence-corrected chi connectivity index (χ0v) is 10.9. The summed E-state index contributed by atoms with van der Waals surface area (Å²) in [6.07, 6.45) is 5.59. The number of carbonyl (C=O) groups excluding carboxylic acids is 1. The topological polar surface area (TPSA) is 54.0 Å². The van der Waals surface area contributed by atoms with Crippen LogP contribution < -0.4 is 10.6 Å². The average Bonchev–Trinajstić information content (AvgIpc) is 2.97. The molecule has 0 radical (unpaired) electrons. The number of urea groups is 1. The summed E-state index contributed by atoms with van der Waals surface area (Å²) in [5, 5.41) is 8.80. The van der Waals surface area contributed by atoms with Gasteiger partial charge >= 0.3 is 6.03 Å². The first-order valence-electron chi connectivity index (χ1n) is 6.17. The minimum absolute atomic E-state index is 0.0611. The summed E-state index contributed by atoms with van der Waals surface area (Å²) < 4.78 is 0. The van der Waals surface area contributed by atoms with E-state index in [-0.39, 0.29) is 11.9 Å². The molecule has 1 aromatic heterocycles. The fourth-order valence-electron chi connectivity index (χ4n) is 1.67. The fourth-order valence-corrected chi connectivity index (χ4v) is 2.37. The Bertz CT molecular complexity index is 349. The van der Waals surface area contributed by atoms with Crippen molar-refractivity contribution in [2.75, 3.05) is 13.1 Å². The summed E-state index contributed by atoms with van der Waals surface area (Å²) >= 11 is 1.63. The van der Waals surface area contributed by atoms with Gasteiger partial charge in [0.2, 0.25) is 0 Å². The molecule has 1 fully saturated rings. The highest BCUT2D eigenvalue weighted by Gasteiger charge is 2.20. The minimum atomic E-state index is -0.0611. The number of thiazole rings is 1. The number of hydrogen-bond acceptors (Lipinski definition) is 3. The molecule has 1 aliphatic rings. The summed E-state index contributed by atoms with van der Waals surface area (Å²) in [6.45, 7) is 3.51. The van der Waals surface area contributed by atoms with E-state index in [1.54, 1.807) is 17.5 Å². The lowest BCUT2D eigenvalue weighted by Gasteiger charge is -2.11. The molecule has 94 valence electrons. The van der Waals surface area contributed by atoms with E-state index in [4.69, 9.17) is 0 Å². The second-order valence-corrected chi connectivity index (χ2v) is 5.57. The van der Waals surface area contributed by atoms with Gasteiger partial charge in [-0.05, 0) is 12.3 Å². The molecule has 0 aliphatic heterocycles. The van der Waals surface area contributed by atoms with Crippen molar-refractivity contribution in [3.05, 3.63) is 16.6 Å². The van der Waals surface area contributed by atoms with Gasteiger partial charge < -0.3 is 10.6 Å². The molecule has 2 rings (SSSR count). The number of aromatic nitrogens is 1. The molecule has 0 saturated heterocycles. The van der Waals surface area contributed by atoms with Crippen LogP contribution in [0.5, 0.6) is 0 Å². The first-order chi connectivity index (χ1) is 8.25. The highest BCUT2D eigenvalue weighted by atomic mass is 32.1. The van der Waals surface area contributed by atoms with Crippen LogP contribution in [-0.2, 0) is 0 Å². The largest absolute Gasteiger partial charge is 0.338 e. The van der Waals surface area contributed by atoms with Crippen molar-refractivity contribution in [2.24, 2.45) is 5.92 Å². The molecular formula is C12H19N3OS. The highest BCUT2D eigenvalue weighted by Crippen LogP contribution is 2.31. The highest BCUT2D eigenvalue weighted by molar-refractivity contribution is 7.09. The van der Waals surface area contributed by atoms with Crippen molar-refractivity contribution in [3.8, 4) is 0 Å². The van der Waals surface area contributed by atoms with Gasteiger partial charge in [-0.1, -0.05) is 19.8 Å². The van der Waals surface area contributed by atoms with Gasteiger partial charge in [0.25, 0.3) is 0 Å². The normalized spacial score (nSPS) is 16.5. The van der Waals surface area contributed by atoms with Crippen molar-refractivity contribution in [3.63, 3.8) is 0 Å². The van der Waals surface area contributed by atoms with Crippen LogP contribution in [0.3, 0.4) is 0 Å². The molecule has 1 aliphatic carbocycles. The molecule has 1 unspecified atom stereocenters. The molecule has 2 amide bonds. The van der Waals surface area contributed by atoms with Crippen molar-refractivity contribution in [1.29, 1.82) is 0 Å². The lowest BCUT2D eigenvalue weighted by atomic mass is 10.2. The predicted molar refractivity (Wildman–Crippen MR) is 69.3 cm³/mol. The monoisotopic (exact) mass is 253 g/mol. The molecule has 4 nitrogen and oxygen atoms in total. The van der Waals surface area contributed by atoms with E-state index in [2.05, 4.69) is 22.5 Å². The molecule has 0 aromatic carbocycles. The molecular weight excluding hydrogens is 234 g/mol. The Labute approximate surface area is 106 Å². The molecule has 0 spiro atoms. The van der Waals surface area contributed by atoms with Gasteiger partial charge in [-0.3, -0.25) is 0 Å². The third-order valence-electron chi connectivity index (χ3n) is 2.98. The van der Waals surface area contributed by atoms with Crippen LogP contribution in [0.2, 0.25) is 0 Å². The third-order valence-corrected chi connectivity index (χ3v) is 3.98. The zero-order chi connectivity index (χ0) is 12.1. The molecule has 1 saturated carbocycles. The number of nitrogens with one attached hydrogen (secondary N) is 2. The zero-order valence-electron chi connectivity index (χ0n) is 10.1. The van der Waals surface area contributed by atoms with Gasteiger partial charge in [-0.25, -0.2) is 9.78 Å². The van der Waals surface area contributed by atoms with Crippen LogP contribution in [-0.4, -0.2) is 24.1 Å². The van der Waals surface area contributed by atoms with E-state index < -0.39 is 0 Å². The van der Waals surface area contributed by atoms with Crippen LogP contribution in [0.1, 0.15) is 37.1 Å². The maximum Gasteiger partial charge on any atom is 0.314 e. The first kappa shape index (κ1) is 12.4. The number of rotatable bonds is 6. The Hall–Kier alpha value is -1.10. The van der Waals surface area contributed by atoms with E-state index in [9.17, 15) is 4.79 Å². The SMILES string of the molecule is CC(CNC(=O)NCCC1CC1)c1nccs1. The van der Waals surface area contributed by atoms with E-state index in [1.165, 1.54) is 12.8 Å². The van der Waals surface area contributed by atoms with Crippen molar-refractivity contribution >= 4 is 17.4 Å². The number of nitrogens with zero attached hydrogens (tertiary/aromatic N) is 1. The van der Waals surface area contributed by atoms with Gasteiger partial charge in [-0.15, -0.1) is 11.3 Å². The lowest BCUT2D eigenvalue weighted by Crippen LogP contribution is -2.37. The Morgan fingerprint density at radius 3 is 3.06 bits per heavy atom. The maximum atomic E-state index is 11.5. The number of hydrogen-bond donors (Lipinski definition) is 2. The van der Waals surface area contributed by atoms with Gasteiger partial charge in [-0.2, -0.15) is 0 Å². The first-order valence-corrected chi connectivity index (χ1v) is 7.04. The van der Waals surface area contributed by atoms with Gasteiger partial charge in [0.1, 0.15) is 0 Å². The van der Waals surface area contributed by atoms with E-state index in [0.29, 0.717) is 6.54 Å². The van der Waals surface area contributed by atoms with Crippen LogP contribution in [0.25, 0.3) is 0 Å². The molecule has 17 heavy (non-hydrogen) atoms. The summed E-state index contributed by atoms with van der Waals surface area (Å²) in [4.78, 5) is 15.7. The quantitative estimate of drug-likeness (QED) is 0.817. The average molecular weight is 253 g/mol. The van der Waals surface area contributed by atoms with Gasteiger partial charge in [0.05, 0.1) is 5.01 Å². The number of amides is 2. The Balaban J connectivity index is 1.58. The minimum Gasteiger partial charge on any atom is -0.338 e. The molecule has 1 heterocycles. The predicted octanol–water partition coefficient (Wildman–Crippen LogP) is 2.35. The van der Waals surface area contributed by atoms with Crippen molar-refractivity contribution in [1.82, 2.24) is 15.6 Å². The van der Waals surface area contributed by atoms with E-state index >= 15 is 0 Å². The van der Waals surface area contributed by atoms with Gasteiger partial charge in [0.15, 0.2) is 0 Å². The Kier molecular flexibility index (Phi) is 4.36. The molecule has 0 bridgehead atoms. The number of carbonyl (C=O) groups is 1. The van der Waals surface area contributed by atoms with Crippen LogP contribution >= 0.6 is 11.3 Å². The summed E-state index contributed by atoms with van der Waals surface area (Å²) in [5.41, 5.74) is 0. The summed E-state index contributed by atoms with van der Waals surface area (Å²) in [7, 11) is 0. The van der Waals surface area contributed by atoms with E-state index in [1.807, 2.05) is 5.38 Å². The van der Waals surface area contributed by atoms with Crippen molar-refractivity contribution in [2.45, 2.75) is 32.1 Å². The molecule has 1 atom stereocenters. The lowest BCUT2D eigenvalue weighted by molar-refractivity contribution is 0.240. The summed E-state index contributed by atoms with van der Waals surface area (Å²) in [6, 6.07) is -0.0611. The fraction of sp³-hybridized carbons (Fsp3) is 0.667. The van der Waals surface area contributed by atoms with Crippen LogP contribution in [0.15, 0.2) is 11.6 Å². The van der Waals surface area contributed by atoms with Crippen LogP contribution in [0, 0.1) is 5.92 Å². The van der Waals surface area contributed by atoms with Crippen LogP contribution in [0.4, 0.5) is 4.79 Å². The molecule has 5 heteroatoms. The molecule has 2 N–H and O–H groups in total. The second kappa shape index (κ2) is 6.00. The van der Waals surface area contributed by atoms with E-state index in [0.717, 1.165) is 23.9 Å². The Morgan fingerprint density at radius 1 is 1.59 bits per heavy atom.